The topological polar surface area (TPSA) is 64.2 Å². The van der Waals surface area contributed by atoms with E-state index in [1.165, 1.54) is 6.07 Å². The smallest absolute Gasteiger partial charge is 0.128 e. The summed E-state index contributed by atoms with van der Waals surface area (Å²) < 4.78 is 13.9. The van der Waals surface area contributed by atoms with Crippen LogP contribution in [0.25, 0.3) is 5.70 Å². The van der Waals surface area contributed by atoms with Crippen LogP contribution in [0, 0.1) is 5.82 Å². The molecule has 0 aliphatic rings. The Morgan fingerprint density at radius 2 is 1.54 bits per heavy atom. The molecule has 0 bridgehead atoms. The van der Waals surface area contributed by atoms with Crippen LogP contribution in [-0.4, -0.2) is 15.7 Å². The van der Waals surface area contributed by atoms with E-state index in [2.05, 4.69) is 15.0 Å². The number of hydrogen-bond acceptors (Lipinski definition) is 4. The summed E-state index contributed by atoms with van der Waals surface area (Å²) in [5.41, 5.74) is 8.39. The Balaban J connectivity index is 2.04. The number of halogens is 2. The van der Waals surface area contributed by atoms with Gasteiger partial charge in [-0.05, 0) is 30.3 Å². The molecule has 3 aromatic rings. The second kappa shape index (κ2) is 8.36. The van der Waals surface area contributed by atoms with Crippen LogP contribution in [0.5, 0.6) is 0 Å². The van der Waals surface area contributed by atoms with Crippen LogP contribution < -0.4 is 5.73 Å². The normalized spacial score (nSPS) is 12.6. The minimum absolute atomic E-state index is 0.115. The first kappa shape index (κ1) is 17.8. The predicted octanol–water partition coefficient (Wildman–Crippen LogP) is 4.17. The SMILES string of the molecule is NC(=C(Cl)C(=NCc1ccccc1F)c1ccccn1)c1ccccn1. The monoisotopic (exact) mass is 366 g/mol. The summed E-state index contributed by atoms with van der Waals surface area (Å²) in [4.78, 5) is 13.0. The molecular weight excluding hydrogens is 351 g/mol. The molecule has 1 aromatic carbocycles. The lowest BCUT2D eigenvalue weighted by atomic mass is 10.1. The molecule has 6 heteroatoms. The highest BCUT2D eigenvalue weighted by Crippen LogP contribution is 2.20. The summed E-state index contributed by atoms with van der Waals surface area (Å²) in [7, 11) is 0. The summed E-state index contributed by atoms with van der Waals surface area (Å²) in [5, 5.41) is 0.221. The number of aliphatic imine (C=N–C) groups is 1. The van der Waals surface area contributed by atoms with Crippen molar-refractivity contribution >= 4 is 23.0 Å². The van der Waals surface area contributed by atoms with Crippen molar-refractivity contribution in [2.24, 2.45) is 10.7 Å². The van der Waals surface area contributed by atoms with Crippen LogP contribution in [0.4, 0.5) is 4.39 Å². The van der Waals surface area contributed by atoms with Gasteiger partial charge in [-0.3, -0.25) is 15.0 Å². The van der Waals surface area contributed by atoms with Crippen molar-refractivity contribution in [1.82, 2.24) is 9.97 Å². The lowest BCUT2D eigenvalue weighted by molar-refractivity contribution is 0.611. The third-order valence-corrected chi connectivity index (χ3v) is 4.04. The molecule has 0 saturated carbocycles. The van der Waals surface area contributed by atoms with E-state index in [0.717, 1.165) is 0 Å². The number of hydrogen-bond donors (Lipinski definition) is 1. The summed E-state index contributed by atoms with van der Waals surface area (Å²) in [5.74, 6) is -0.325. The van der Waals surface area contributed by atoms with Gasteiger partial charge in [-0.25, -0.2) is 4.39 Å². The molecule has 0 radical (unpaired) electrons. The Kier molecular flexibility index (Phi) is 5.71. The van der Waals surface area contributed by atoms with Crippen LogP contribution >= 0.6 is 11.6 Å². The van der Waals surface area contributed by atoms with Crippen LogP contribution in [0.2, 0.25) is 0 Å². The van der Waals surface area contributed by atoms with E-state index in [0.29, 0.717) is 22.7 Å². The first-order valence-corrected chi connectivity index (χ1v) is 8.31. The molecule has 2 N–H and O–H groups in total. The Bertz CT molecular complexity index is 940. The van der Waals surface area contributed by atoms with Crippen molar-refractivity contribution in [2.45, 2.75) is 6.54 Å². The molecule has 130 valence electrons. The Morgan fingerprint density at radius 3 is 2.15 bits per heavy atom. The molecule has 0 fully saturated rings. The van der Waals surface area contributed by atoms with Crippen molar-refractivity contribution in [1.29, 1.82) is 0 Å². The summed E-state index contributed by atoms with van der Waals surface area (Å²) >= 11 is 6.52. The van der Waals surface area contributed by atoms with E-state index in [9.17, 15) is 4.39 Å². The molecule has 0 saturated heterocycles. The number of nitrogens with zero attached hydrogens (tertiary/aromatic N) is 3. The maximum Gasteiger partial charge on any atom is 0.128 e. The zero-order chi connectivity index (χ0) is 18.4. The number of nitrogens with two attached hydrogens (primary N) is 1. The average molecular weight is 367 g/mol. The molecule has 0 spiro atoms. The fraction of sp³-hybridized carbons (Fsp3) is 0.0500. The van der Waals surface area contributed by atoms with Gasteiger partial charge in [0.15, 0.2) is 0 Å². The third kappa shape index (κ3) is 4.13. The molecular formula is C20H16ClFN4. The van der Waals surface area contributed by atoms with Crippen LogP contribution in [0.3, 0.4) is 0 Å². The Labute approximate surface area is 155 Å². The van der Waals surface area contributed by atoms with Crippen molar-refractivity contribution < 1.29 is 4.39 Å². The summed E-state index contributed by atoms with van der Waals surface area (Å²) in [6, 6.07) is 17.2. The van der Waals surface area contributed by atoms with E-state index in [1.807, 2.05) is 12.1 Å². The molecule has 0 amide bonds. The van der Waals surface area contributed by atoms with Crippen molar-refractivity contribution in [2.75, 3.05) is 0 Å². The van der Waals surface area contributed by atoms with Gasteiger partial charge in [-0.15, -0.1) is 0 Å². The average Bonchev–Trinajstić information content (AvgIpc) is 2.70. The third-order valence-electron chi connectivity index (χ3n) is 3.66. The quantitative estimate of drug-likeness (QED) is 0.689. The lowest BCUT2D eigenvalue weighted by Crippen LogP contribution is -2.11. The minimum Gasteiger partial charge on any atom is -0.396 e. The zero-order valence-electron chi connectivity index (χ0n) is 13.8. The molecule has 4 nitrogen and oxygen atoms in total. The highest BCUT2D eigenvalue weighted by Gasteiger charge is 2.15. The number of aromatic nitrogens is 2. The van der Waals surface area contributed by atoms with Gasteiger partial charge < -0.3 is 5.73 Å². The van der Waals surface area contributed by atoms with Crippen LogP contribution in [0.1, 0.15) is 17.0 Å². The fourth-order valence-corrected chi connectivity index (χ4v) is 2.57. The summed E-state index contributed by atoms with van der Waals surface area (Å²) in [6.45, 7) is 0.115. The minimum atomic E-state index is -0.325. The van der Waals surface area contributed by atoms with Crippen molar-refractivity contribution in [3.63, 3.8) is 0 Å². The number of pyridine rings is 2. The molecule has 2 heterocycles. The molecule has 26 heavy (non-hydrogen) atoms. The standard InChI is InChI=1S/C20H16ClFN4/c21-18(19(23)16-9-3-5-11-24-16)20(17-10-4-6-12-25-17)26-13-14-7-1-2-8-15(14)22/h1-12H,13,23H2. The Hall–Kier alpha value is -3.05. The lowest BCUT2D eigenvalue weighted by Gasteiger charge is -2.09. The van der Waals surface area contributed by atoms with Gasteiger partial charge in [-0.1, -0.05) is 41.9 Å². The predicted molar refractivity (Wildman–Crippen MR) is 102 cm³/mol. The number of rotatable bonds is 5. The van der Waals surface area contributed by atoms with E-state index in [1.54, 1.807) is 54.9 Å². The van der Waals surface area contributed by atoms with E-state index >= 15 is 0 Å². The van der Waals surface area contributed by atoms with E-state index in [-0.39, 0.29) is 23.1 Å². The zero-order valence-corrected chi connectivity index (χ0v) is 14.6. The van der Waals surface area contributed by atoms with Crippen LogP contribution in [0.15, 0.2) is 83.1 Å². The van der Waals surface area contributed by atoms with Crippen LogP contribution in [-0.2, 0) is 6.54 Å². The van der Waals surface area contributed by atoms with Gasteiger partial charge >= 0.3 is 0 Å². The van der Waals surface area contributed by atoms with Gasteiger partial charge in [0.1, 0.15) is 11.5 Å². The number of allylic oxidation sites excluding steroid dienone is 1. The van der Waals surface area contributed by atoms with Gasteiger partial charge in [0.25, 0.3) is 0 Å². The largest absolute Gasteiger partial charge is 0.396 e. The Morgan fingerprint density at radius 1 is 0.923 bits per heavy atom. The molecule has 3 rings (SSSR count). The van der Waals surface area contributed by atoms with Gasteiger partial charge in [-0.2, -0.15) is 0 Å². The van der Waals surface area contributed by atoms with E-state index in [4.69, 9.17) is 17.3 Å². The highest BCUT2D eigenvalue weighted by atomic mass is 35.5. The second-order valence-corrected chi connectivity index (χ2v) is 5.79. The first-order valence-electron chi connectivity index (χ1n) is 7.93. The molecule has 2 aromatic heterocycles. The molecule has 0 atom stereocenters. The molecule has 0 unspecified atom stereocenters. The van der Waals surface area contributed by atoms with Gasteiger partial charge in [0.2, 0.25) is 0 Å². The van der Waals surface area contributed by atoms with Gasteiger partial charge in [0, 0.05) is 18.0 Å². The highest BCUT2D eigenvalue weighted by molar-refractivity contribution is 6.48. The molecule has 0 aliphatic heterocycles. The second-order valence-electron chi connectivity index (χ2n) is 5.41. The fourth-order valence-electron chi connectivity index (χ4n) is 2.32. The maximum atomic E-state index is 13.9. The van der Waals surface area contributed by atoms with Crippen molar-refractivity contribution in [3.8, 4) is 0 Å². The summed E-state index contributed by atoms with van der Waals surface area (Å²) in [6.07, 6.45) is 3.26. The molecule has 0 aliphatic carbocycles. The maximum absolute atomic E-state index is 13.9. The van der Waals surface area contributed by atoms with Crippen molar-refractivity contribution in [3.05, 3.63) is 101 Å². The van der Waals surface area contributed by atoms with E-state index < -0.39 is 0 Å². The first-order chi connectivity index (χ1) is 12.7. The number of benzene rings is 1. The van der Waals surface area contributed by atoms with Gasteiger partial charge in [0.05, 0.1) is 28.7 Å².